The van der Waals surface area contributed by atoms with E-state index in [1.54, 1.807) is 11.6 Å². The zero-order valence-corrected chi connectivity index (χ0v) is 8.65. The molecule has 5 nitrogen and oxygen atoms in total. The second-order valence-corrected chi connectivity index (χ2v) is 3.23. The molecule has 78 valence electrons. The molecule has 1 rings (SSSR count). The first-order chi connectivity index (χ1) is 6.52. The summed E-state index contributed by atoms with van der Waals surface area (Å²) in [4.78, 5) is 14.4. The lowest BCUT2D eigenvalue weighted by Crippen LogP contribution is -2.20. The average molecular weight is 219 g/mol. The van der Waals surface area contributed by atoms with Crippen LogP contribution in [-0.4, -0.2) is 26.7 Å². The van der Waals surface area contributed by atoms with Crippen molar-refractivity contribution in [2.45, 2.75) is 19.6 Å². The van der Waals surface area contributed by atoms with Crippen LogP contribution in [0.15, 0.2) is 6.20 Å². The van der Waals surface area contributed by atoms with Crippen molar-refractivity contribution >= 4 is 17.6 Å². The van der Waals surface area contributed by atoms with Crippen molar-refractivity contribution < 1.29 is 14.6 Å². The van der Waals surface area contributed by atoms with Crippen LogP contribution >= 0.6 is 11.6 Å². The third-order valence-corrected chi connectivity index (χ3v) is 2.19. The van der Waals surface area contributed by atoms with E-state index in [0.29, 0.717) is 11.0 Å². The minimum Gasteiger partial charge on any atom is -0.479 e. The van der Waals surface area contributed by atoms with E-state index in [1.165, 1.54) is 13.1 Å². The molecule has 0 unspecified atom stereocenters. The lowest BCUT2D eigenvalue weighted by molar-refractivity contribution is -0.150. The molecule has 1 atom stereocenters. The van der Waals surface area contributed by atoms with Crippen LogP contribution in [-0.2, 0) is 23.2 Å². The fraction of sp³-hybridized carbons (Fsp3) is 0.500. The quantitative estimate of drug-likeness (QED) is 0.821. The number of hydrogen-bond acceptors (Lipinski definition) is 3. The Morgan fingerprint density at radius 1 is 1.86 bits per heavy atom. The highest BCUT2D eigenvalue weighted by molar-refractivity contribution is 6.29. The second-order valence-electron chi connectivity index (χ2n) is 2.85. The summed E-state index contributed by atoms with van der Waals surface area (Å²) in [5, 5.41) is 9.05. The largest absolute Gasteiger partial charge is 0.479 e. The summed E-state index contributed by atoms with van der Waals surface area (Å²) in [7, 11) is 1.74. The molecule has 1 N–H and O–H groups in total. The highest BCUT2D eigenvalue weighted by atomic mass is 35.5. The number of aliphatic carboxylic acids is 1. The first kappa shape index (κ1) is 11.0. The first-order valence-corrected chi connectivity index (χ1v) is 4.40. The smallest absolute Gasteiger partial charge is 0.332 e. The van der Waals surface area contributed by atoms with Crippen LogP contribution in [0.1, 0.15) is 12.7 Å². The van der Waals surface area contributed by atoms with Crippen molar-refractivity contribution in [1.82, 2.24) is 9.55 Å². The number of carboxylic acid groups (broad SMARTS) is 1. The van der Waals surface area contributed by atoms with E-state index in [-0.39, 0.29) is 6.61 Å². The molecule has 0 aliphatic rings. The molecule has 0 bridgehead atoms. The molecule has 0 radical (unpaired) electrons. The average Bonchev–Trinajstić information content (AvgIpc) is 2.44. The van der Waals surface area contributed by atoms with Gasteiger partial charge in [-0.3, -0.25) is 0 Å². The molecule has 0 aliphatic carbocycles. The van der Waals surface area contributed by atoms with E-state index in [1.807, 2.05) is 0 Å². The number of carboxylic acids is 1. The van der Waals surface area contributed by atoms with Crippen molar-refractivity contribution in [2.75, 3.05) is 0 Å². The summed E-state index contributed by atoms with van der Waals surface area (Å²) in [6.07, 6.45) is 0.650. The van der Waals surface area contributed by atoms with Crippen molar-refractivity contribution in [3.05, 3.63) is 17.2 Å². The summed E-state index contributed by atoms with van der Waals surface area (Å²) in [5.74, 6) is -0.395. The third-order valence-electron chi connectivity index (χ3n) is 1.84. The zero-order chi connectivity index (χ0) is 10.7. The van der Waals surface area contributed by atoms with Crippen molar-refractivity contribution in [2.24, 2.45) is 7.05 Å². The first-order valence-electron chi connectivity index (χ1n) is 4.03. The number of carbonyl (C=O) groups is 1. The van der Waals surface area contributed by atoms with E-state index in [0.717, 1.165) is 0 Å². The van der Waals surface area contributed by atoms with Gasteiger partial charge in [0.1, 0.15) is 17.6 Å². The number of aromatic nitrogens is 2. The molecular weight excluding hydrogens is 208 g/mol. The van der Waals surface area contributed by atoms with Gasteiger partial charge in [0.25, 0.3) is 0 Å². The Labute approximate surface area is 86.3 Å². The Balaban J connectivity index is 2.54. The Hall–Kier alpha value is -1.07. The van der Waals surface area contributed by atoms with E-state index >= 15 is 0 Å². The van der Waals surface area contributed by atoms with E-state index in [4.69, 9.17) is 21.4 Å². The molecule has 0 fully saturated rings. The van der Waals surface area contributed by atoms with Gasteiger partial charge in [-0.05, 0) is 6.92 Å². The number of halogens is 1. The van der Waals surface area contributed by atoms with Crippen LogP contribution in [0, 0.1) is 0 Å². The van der Waals surface area contributed by atoms with Gasteiger partial charge >= 0.3 is 5.97 Å². The Morgan fingerprint density at radius 3 is 2.93 bits per heavy atom. The van der Waals surface area contributed by atoms with Gasteiger partial charge in [-0.1, -0.05) is 11.6 Å². The predicted octanol–water partition coefficient (Wildman–Crippen LogP) is 1.06. The van der Waals surface area contributed by atoms with Gasteiger partial charge in [-0.15, -0.1) is 0 Å². The standard InChI is InChI=1S/C8H11ClN2O3/c1-5(8(12)13)14-4-7-10-3-6(9)11(7)2/h3,5H,4H2,1-2H3,(H,12,13)/t5-/m0/s1. The van der Waals surface area contributed by atoms with Crippen LogP contribution in [0.25, 0.3) is 0 Å². The van der Waals surface area contributed by atoms with Crippen LogP contribution < -0.4 is 0 Å². The monoisotopic (exact) mass is 218 g/mol. The Kier molecular flexibility index (Phi) is 3.49. The fourth-order valence-electron chi connectivity index (χ4n) is 0.829. The number of imidazole rings is 1. The van der Waals surface area contributed by atoms with Crippen LogP contribution in [0.2, 0.25) is 5.15 Å². The lowest BCUT2D eigenvalue weighted by Gasteiger charge is -2.07. The molecule has 0 aromatic carbocycles. The molecule has 1 aromatic heterocycles. The van der Waals surface area contributed by atoms with E-state index in [2.05, 4.69) is 4.98 Å². The molecule has 6 heteroatoms. The van der Waals surface area contributed by atoms with Gasteiger partial charge in [0.15, 0.2) is 6.10 Å². The highest BCUT2D eigenvalue weighted by Gasteiger charge is 2.12. The predicted molar refractivity (Wildman–Crippen MR) is 50.1 cm³/mol. The van der Waals surface area contributed by atoms with Gasteiger partial charge in [0.2, 0.25) is 0 Å². The van der Waals surface area contributed by atoms with Gasteiger partial charge in [-0.25, -0.2) is 9.78 Å². The number of rotatable bonds is 4. The summed E-state index contributed by atoms with van der Waals surface area (Å²) < 4.78 is 6.68. The third kappa shape index (κ3) is 2.46. The summed E-state index contributed by atoms with van der Waals surface area (Å²) in [5.41, 5.74) is 0. The van der Waals surface area contributed by atoms with Crippen LogP contribution in [0.3, 0.4) is 0 Å². The van der Waals surface area contributed by atoms with Crippen LogP contribution in [0.4, 0.5) is 0 Å². The molecule has 1 heterocycles. The molecular formula is C8H11ClN2O3. The van der Waals surface area contributed by atoms with Gasteiger partial charge in [0, 0.05) is 7.05 Å². The number of nitrogens with zero attached hydrogens (tertiary/aromatic N) is 2. The minimum atomic E-state index is -0.995. The normalized spacial score (nSPS) is 12.8. The molecule has 0 saturated heterocycles. The van der Waals surface area contributed by atoms with Gasteiger partial charge in [-0.2, -0.15) is 0 Å². The van der Waals surface area contributed by atoms with Crippen molar-refractivity contribution in [1.29, 1.82) is 0 Å². The second kappa shape index (κ2) is 4.43. The lowest BCUT2D eigenvalue weighted by atomic mass is 10.4. The van der Waals surface area contributed by atoms with E-state index in [9.17, 15) is 4.79 Å². The SMILES string of the molecule is C[C@H](OCc1ncc(Cl)n1C)C(=O)O. The molecule has 1 aromatic rings. The maximum atomic E-state index is 10.4. The summed E-state index contributed by atoms with van der Waals surface area (Å²) in [6.45, 7) is 1.60. The maximum Gasteiger partial charge on any atom is 0.332 e. The molecule has 0 aliphatic heterocycles. The highest BCUT2D eigenvalue weighted by Crippen LogP contribution is 2.10. The van der Waals surface area contributed by atoms with Crippen molar-refractivity contribution in [3.8, 4) is 0 Å². The molecule has 0 amide bonds. The zero-order valence-electron chi connectivity index (χ0n) is 7.90. The van der Waals surface area contributed by atoms with Crippen LogP contribution in [0.5, 0.6) is 0 Å². The van der Waals surface area contributed by atoms with Crippen molar-refractivity contribution in [3.63, 3.8) is 0 Å². The molecule has 0 saturated carbocycles. The molecule has 14 heavy (non-hydrogen) atoms. The molecule has 0 spiro atoms. The van der Waals surface area contributed by atoms with Gasteiger partial charge < -0.3 is 14.4 Å². The minimum absolute atomic E-state index is 0.136. The number of ether oxygens (including phenoxy) is 1. The topological polar surface area (TPSA) is 64.4 Å². The Bertz CT molecular complexity index is 337. The van der Waals surface area contributed by atoms with Gasteiger partial charge in [0.05, 0.1) is 6.20 Å². The van der Waals surface area contributed by atoms with E-state index < -0.39 is 12.1 Å². The Morgan fingerprint density at radius 2 is 2.50 bits per heavy atom. The number of hydrogen-bond donors (Lipinski definition) is 1. The summed E-state index contributed by atoms with van der Waals surface area (Å²) >= 11 is 5.74. The fourth-order valence-corrected chi connectivity index (χ4v) is 0.976. The maximum absolute atomic E-state index is 10.4. The summed E-state index contributed by atoms with van der Waals surface area (Å²) in [6, 6.07) is 0.